The van der Waals surface area contributed by atoms with Gasteiger partial charge in [0.1, 0.15) is 0 Å². The van der Waals surface area contributed by atoms with Crippen LogP contribution >= 0.6 is 7.14 Å². The fraction of sp³-hybridized carbons (Fsp3) is 0.525. The fourth-order valence-corrected chi connectivity index (χ4v) is 10.6. The van der Waals surface area contributed by atoms with Crippen LogP contribution in [0.1, 0.15) is 73.6 Å². The van der Waals surface area contributed by atoms with Gasteiger partial charge in [-0.25, -0.2) is 0 Å². The van der Waals surface area contributed by atoms with Crippen LogP contribution in [0.5, 0.6) is 23.0 Å². The molecule has 13 heteroatoms. The van der Waals surface area contributed by atoms with Crippen molar-refractivity contribution in [2.45, 2.75) is 71.0 Å². The predicted octanol–water partition coefficient (Wildman–Crippen LogP) is 6.54. The molecular weight excluding hydrogens is 695 g/mol. The second-order valence-electron chi connectivity index (χ2n) is 14.3. The second kappa shape index (κ2) is 16.8. The molecule has 4 aliphatic rings. The Hall–Kier alpha value is -4.28. The van der Waals surface area contributed by atoms with Crippen molar-refractivity contribution in [1.82, 2.24) is 9.80 Å². The zero-order chi connectivity index (χ0) is 37.7. The lowest BCUT2D eigenvalue weighted by atomic mass is 10.1. The molecule has 0 saturated carbocycles. The molecule has 4 atom stereocenters. The summed E-state index contributed by atoms with van der Waals surface area (Å²) >= 11 is 0. The van der Waals surface area contributed by atoms with Crippen LogP contribution in [0, 0.1) is 0 Å². The topological polar surface area (TPSA) is 139 Å². The van der Waals surface area contributed by atoms with E-state index in [0.29, 0.717) is 104 Å². The Morgan fingerprint density at radius 3 is 2.06 bits per heavy atom. The molecular formula is C40H53N4O8P. The summed E-state index contributed by atoms with van der Waals surface area (Å²) in [4.78, 5) is 35.4. The molecule has 4 heterocycles. The molecule has 4 aliphatic heterocycles. The number of nitrogens with zero attached hydrogens (tertiary/aromatic N) is 3. The predicted molar refractivity (Wildman–Crippen MR) is 208 cm³/mol. The Labute approximate surface area is 312 Å². The van der Waals surface area contributed by atoms with Gasteiger partial charge in [0.25, 0.3) is 11.8 Å². The van der Waals surface area contributed by atoms with Crippen molar-refractivity contribution in [3.63, 3.8) is 0 Å². The van der Waals surface area contributed by atoms with E-state index < -0.39 is 7.14 Å². The number of hydrogen-bond donors (Lipinski definition) is 2. The molecule has 12 nitrogen and oxygen atoms in total. The van der Waals surface area contributed by atoms with Gasteiger partial charge in [-0.15, -0.1) is 0 Å². The zero-order valence-corrected chi connectivity index (χ0v) is 32.5. The zero-order valence-electron chi connectivity index (χ0n) is 31.6. The van der Waals surface area contributed by atoms with Crippen molar-refractivity contribution in [3.05, 3.63) is 58.7 Å². The average Bonchev–Trinajstić information content (AvgIpc) is 3.76. The lowest BCUT2D eigenvalue weighted by molar-refractivity contribution is 0.0735. The molecule has 0 spiro atoms. The molecule has 2 N–H and O–H groups in total. The van der Waals surface area contributed by atoms with Gasteiger partial charge in [0, 0.05) is 62.6 Å². The third-order valence-electron chi connectivity index (χ3n) is 10.9. The number of rotatable bonds is 15. The molecule has 0 aromatic heterocycles. The summed E-state index contributed by atoms with van der Waals surface area (Å²) in [6.07, 6.45) is 10.5. The van der Waals surface area contributed by atoms with Gasteiger partial charge in [0.05, 0.1) is 69.2 Å². The molecule has 2 amide bonds. The first-order valence-electron chi connectivity index (χ1n) is 18.7. The Morgan fingerprint density at radius 1 is 0.830 bits per heavy atom. The van der Waals surface area contributed by atoms with Gasteiger partial charge in [-0.1, -0.05) is 23.3 Å². The number of fused-ring (bicyclic) bond motifs is 4. The molecule has 2 saturated heterocycles. The molecule has 2 unspecified atom stereocenters. The Balaban J connectivity index is 1.05. The third kappa shape index (κ3) is 8.29. The number of amides is 2. The number of methoxy groups -OCH3 is 2. The lowest BCUT2D eigenvalue weighted by Crippen LogP contribution is -2.41. The number of aliphatic hydroxyl groups is 1. The van der Waals surface area contributed by atoms with Gasteiger partial charge >= 0.3 is 0 Å². The molecule has 2 aromatic carbocycles. The van der Waals surface area contributed by atoms with Gasteiger partial charge in [-0.05, 0) is 65.0 Å². The number of carbonyl (C=O) groups excluding carboxylic acids is 2. The monoisotopic (exact) mass is 748 g/mol. The van der Waals surface area contributed by atoms with Crippen LogP contribution in [0.3, 0.4) is 0 Å². The molecule has 0 aliphatic carbocycles. The third-order valence-corrected chi connectivity index (χ3v) is 14.3. The Morgan fingerprint density at radius 2 is 1.42 bits per heavy atom. The maximum Gasteiger partial charge on any atom is 0.257 e. The SMILES string of the molecule is C/C=C1\C[C@H]2C=Nc3cc(OCCCP(=O)(CCCO)CCCOc4cc5c(cc4OC)C(=O)N4C/C(=C/C)C[C@H]4C(C)N5)c(OC)cc3C(=O)N2C1. The molecule has 0 radical (unpaired) electrons. The maximum atomic E-state index is 14.1. The highest BCUT2D eigenvalue weighted by Crippen LogP contribution is 2.48. The molecule has 0 bridgehead atoms. The summed E-state index contributed by atoms with van der Waals surface area (Å²) in [5, 5.41) is 13.1. The van der Waals surface area contributed by atoms with Gasteiger partial charge in [0.2, 0.25) is 0 Å². The summed E-state index contributed by atoms with van der Waals surface area (Å²) in [5.41, 5.74) is 4.78. The molecule has 6 rings (SSSR count). The van der Waals surface area contributed by atoms with Crippen LogP contribution in [0.4, 0.5) is 11.4 Å². The Kier molecular flexibility index (Phi) is 12.2. The summed E-state index contributed by atoms with van der Waals surface area (Å²) in [6.45, 7) is 7.92. The second-order valence-corrected chi connectivity index (χ2v) is 17.8. The number of anilines is 1. The first-order chi connectivity index (χ1) is 25.6. The first kappa shape index (κ1) is 38.4. The number of aliphatic hydroxyl groups excluding tert-OH is 1. The number of carbonyl (C=O) groups is 2. The van der Waals surface area contributed by atoms with Crippen molar-refractivity contribution < 1.29 is 38.2 Å². The van der Waals surface area contributed by atoms with Crippen molar-refractivity contribution >= 4 is 36.5 Å². The minimum absolute atomic E-state index is 0.0231. The Bertz CT molecular complexity index is 1840. The summed E-state index contributed by atoms with van der Waals surface area (Å²) in [7, 11) is 0.447. The first-order valence-corrected chi connectivity index (χ1v) is 21.0. The molecule has 2 aromatic rings. The van der Waals surface area contributed by atoms with Crippen LogP contribution in [0.15, 0.2) is 52.6 Å². The molecule has 286 valence electrons. The van der Waals surface area contributed by atoms with Crippen molar-refractivity contribution in [2.24, 2.45) is 4.99 Å². The quantitative estimate of drug-likeness (QED) is 0.118. The average molecular weight is 749 g/mol. The van der Waals surface area contributed by atoms with Gasteiger partial charge < -0.3 is 43.7 Å². The number of aliphatic imine (C=N–C) groups is 1. The van der Waals surface area contributed by atoms with Gasteiger partial charge in [-0.2, -0.15) is 0 Å². The van der Waals surface area contributed by atoms with E-state index in [2.05, 4.69) is 29.4 Å². The minimum atomic E-state index is -2.66. The van der Waals surface area contributed by atoms with E-state index in [-0.39, 0.29) is 36.5 Å². The normalized spacial score (nSPS) is 23.1. The van der Waals surface area contributed by atoms with E-state index in [0.717, 1.165) is 18.5 Å². The van der Waals surface area contributed by atoms with Crippen molar-refractivity contribution in [2.75, 3.05) is 70.9 Å². The number of ether oxygens (including phenoxy) is 4. The summed E-state index contributed by atoms with van der Waals surface area (Å²) in [5.74, 6) is 1.82. The number of benzene rings is 2. The number of allylic oxidation sites excluding steroid dienone is 2. The summed E-state index contributed by atoms with van der Waals surface area (Å²) in [6, 6.07) is 7.09. The fourth-order valence-electron chi connectivity index (χ4n) is 7.81. The highest BCUT2D eigenvalue weighted by molar-refractivity contribution is 7.63. The van der Waals surface area contributed by atoms with Crippen LogP contribution in [-0.2, 0) is 4.57 Å². The van der Waals surface area contributed by atoms with Crippen LogP contribution in [0.2, 0.25) is 0 Å². The standard InChI is InChI=1S/C40H53N4O8P/c1-6-27-17-29-23-41-32-21-37(35(49-4)19-30(32)39(46)43(29)24-27)51-12-9-15-53(48,14-8-11-45)16-10-13-52-38-22-33-31(20-36(38)50-5)40(47)44-25-28(7-2)18-34(44)26(3)42-33/h6-7,19-23,26,29,34,42,45H,8-18,24-25H2,1-5H3/b27-6+,28-7+/t26?,29-,34-,53?/m0/s1. The van der Waals surface area contributed by atoms with Gasteiger partial charge in [0.15, 0.2) is 23.0 Å². The van der Waals surface area contributed by atoms with Crippen molar-refractivity contribution in [1.29, 1.82) is 0 Å². The number of nitrogens with one attached hydrogen (secondary N) is 1. The van der Waals surface area contributed by atoms with Gasteiger partial charge in [-0.3, -0.25) is 14.6 Å². The highest BCUT2D eigenvalue weighted by Gasteiger charge is 2.40. The van der Waals surface area contributed by atoms with E-state index in [9.17, 15) is 19.3 Å². The minimum Gasteiger partial charge on any atom is -0.493 e. The molecule has 53 heavy (non-hydrogen) atoms. The van der Waals surface area contributed by atoms with E-state index in [1.165, 1.54) is 11.1 Å². The maximum absolute atomic E-state index is 14.1. The van der Waals surface area contributed by atoms with Crippen LogP contribution < -0.4 is 24.3 Å². The molecule has 2 fully saturated rings. The smallest absolute Gasteiger partial charge is 0.257 e. The van der Waals surface area contributed by atoms with Crippen LogP contribution in [0.25, 0.3) is 0 Å². The number of hydrogen-bond acceptors (Lipinski definition) is 10. The highest BCUT2D eigenvalue weighted by atomic mass is 31.2. The largest absolute Gasteiger partial charge is 0.493 e. The van der Waals surface area contributed by atoms with Crippen LogP contribution in [-0.4, -0.2) is 117 Å². The van der Waals surface area contributed by atoms with Crippen molar-refractivity contribution in [3.8, 4) is 23.0 Å². The lowest BCUT2D eigenvalue weighted by Gasteiger charge is -2.26. The van der Waals surface area contributed by atoms with E-state index in [1.54, 1.807) is 32.4 Å². The van der Waals surface area contributed by atoms with E-state index in [1.807, 2.05) is 35.9 Å². The van der Waals surface area contributed by atoms with E-state index >= 15 is 0 Å². The van der Waals surface area contributed by atoms with E-state index in [4.69, 9.17) is 18.9 Å². The summed E-state index contributed by atoms with van der Waals surface area (Å²) < 4.78 is 37.7.